The molecule has 3 nitrogen and oxygen atoms in total. The second kappa shape index (κ2) is 6.97. The number of aryl methyl sites for hydroxylation is 2. The van der Waals surface area contributed by atoms with Gasteiger partial charge in [0.2, 0.25) is 5.91 Å². The lowest BCUT2D eigenvalue weighted by atomic mass is 10.1. The van der Waals surface area contributed by atoms with Gasteiger partial charge in [-0.2, -0.15) is 0 Å². The summed E-state index contributed by atoms with van der Waals surface area (Å²) in [5.74, 6) is 0.0535. The Labute approximate surface area is 138 Å². The van der Waals surface area contributed by atoms with E-state index in [2.05, 4.69) is 47.5 Å². The van der Waals surface area contributed by atoms with Gasteiger partial charge < -0.3 is 5.32 Å². The number of amides is 1. The fourth-order valence-corrected chi connectivity index (χ4v) is 3.47. The molecule has 1 amide bonds. The Hall–Kier alpha value is -2.13. The molecule has 1 aliphatic carbocycles. The number of rotatable bonds is 5. The minimum atomic E-state index is 0.0535. The summed E-state index contributed by atoms with van der Waals surface area (Å²) in [5, 5.41) is 3.06. The number of fused-ring (bicyclic) bond motifs is 1. The average molecular weight is 308 g/mol. The quantitative estimate of drug-likeness (QED) is 0.911. The molecule has 3 rings (SSSR count). The maximum atomic E-state index is 12.4. The van der Waals surface area contributed by atoms with Gasteiger partial charge in [-0.3, -0.25) is 9.69 Å². The smallest absolute Gasteiger partial charge is 0.238 e. The fourth-order valence-electron chi connectivity index (χ4n) is 3.47. The van der Waals surface area contributed by atoms with Crippen LogP contribution in [0.25, 0.3) is 0 Å². The Kier molecular flexibility index (Phi) is 4.77. The lowest BCUT2D eigenvalue weighted by Gasteiger charge is -2.24. The molecule has 1 aliphatic rings. The Bertz CT molecular complexity index is 696. The van der Waals surface area contributed by atoms with Crippen LogP contribution in [0.5, 0.6) is 0 Å². The highest BCUT2D eigenvalue weighted by atomic mass is 16.2. The molecule has 120 valence electrons. The van der Waals surface area contributed by atoms with Crippen molar-refractivity contribution >= 4 is 11.6 Å². The van der Waals surface area contributed by atoms with Gasteiger partial charge in [0, 0.05) is 11.7 Å². The normalized spacial score (nSPS) is 16.4. The average Bonchev–Trinajstić information content (AvgIpc) is 2.99. The first-order valence-electron chi connectivity index (χ1n) is 8.35. The molecule has 0 saturated heterocycles. The summed E-state index contributed by atoms with van der Waals surface area (Å²) >= 11 is 0. The van der Waals surface area contributed by atoms with Crippen molar-refractivity contribution in [2.24, 2.45) is 0 Å². The standard InChI is InChI=1S/C20H24N2O/c1-3-15-8-5-7-11-18(15)21-20(23)14-22(2)19-13-12-16-9-4-6-10-17(16)19/h4-11,19H,3,12-14H2,1-2H3,(H,21,23)/t19-/m0/s1. The summed E-state index contributed by atoms with van der Waals surface area (Å²) in [6.45, 7) is 2.52. The molecule has 0 heterocycles. The van der Waals surface area contributed by atoms with Gasteiger partial charge in [-0.25, -0.2) is 0 Å². The third-order valence-electron chi connectivity index (χ3n) is 4.70. The number of nitrogens with one attached hydrogen (secondary N) is 1. The first kappa shape index (κ1) is 15.8. The van der Waals surface area contributed by atoms with Crippen LogP contribution in [0.4, 0.5) is 5.69 Å². The Balaban J connectivity index is 1.64. The summed E-state index contributed by atoms with van der Waals surface area (Å²) < 4.78 is 0. The van der Waals surface area contributed by atoms with Crippen LogP contribution in [0.15, 0.2) is 48.5 Å². The summed E-state index contributed by atoms with van der Waals surface area (Å²) in [6, 6.07) is 16.9. The van der Waals surface area contributed by atoms with Crippen LogP contribution in [-0.2, 0) is 17.6 Å². The van der Waals surface area contributed by atoms with Crippen molar-refractivity contribution in [1.82, 2.24) is 4.90 Å². The number of hydrogen-bond acceptors (Lipinski definition) is 2. The molecular formula is C20H24N2O. The summed E-state index contributed by atoms with van der Waals surface area (Å²) in [6.07, 6.45) is 3.11. The summed E-state index contributed by atoms with van der Waals surface area (Å²) in [5.41, 5.74) is 4.90. The number of likely N-dealkylation sites (N-methyl/N-ethyl adjacent to an activating group) is 1. The highest BCUT2D eigenvalue weighted by molar-refractivity contribution is 5.93. The van der Waals surface area contributed by atoms with Gasteiger partial charge in [-0.15, -0.1) is 0 Å². The van der Waals surface area contributed by atoms with Gasteiger partial charge >= 0.3 is 0 Å². The molecule has 0 spiro atoms. The molecule has 0 aliphatic heterocycles. The second-order valence-corrected chi connectivity index (χ2v) is 6.23. The van der Waals surface area contributed by atoms with Crippen LogP contribution in [0, 0.1) is 0 Å². The molecule has 1 atom stereocenters. The summed E-state index contributed by atoms with van der Waals surface area (Å²) in [7, 11) is 2.04. The Morgan fingerprint density at radius 2 is 1.91 bits per heavy atom. The monoisotopic (exact) mass is 308 g/mol. The fraction of sp³-hybridized carbons (Fsp3) is 0.350. The zero-order valence-electron chi connectivity index (χ0n) is 13.9. The second-order valence-electron chi connectivity index (χ2n) is 6.23. The number of carbonyl (C=O) groups is 1. The first-order valence-corrected chi connectivity index (χ1v) is 8.35. The molecule has 2 aromatic rings. The van der Waals surface area contributed by atoms with Crippen molar-refractivity contribution < 1.29 is 4.79 Å². The Morgan fingerprint density at radius 3 is 2.74 bits per heavy atom. The van der Waals surface area contributed by atoms with Gasteiger partial charge in [0.15, 0.2) is 0 Å². The number of hydrogen-bond donors (Lipinski definition) is 1. The molecule has 0 unspecified atom stereocenters. The lowest BCUT2D eigenvalue weighted by molar-refractivity contribution is -0.117. The molecule has 0 bridgehead atoms. The van der Waals surface area contributed by atoms with Crippen molar-refractivity contribution in [3.05, 3.63) is 65.2 Å². The largest absolute Gasteiger partial charge is 0.325 e. The highest BCUT2D eigenvalue weighted by Crippen LogP contribution is 2.34. The van der Waals surface area contributed by atoms with Crippen LogP contribution in [0.3, 0.4) is 0 Å². The number of nitrogens with zero attached hydrogens (tertiary/aromatic N) is 1. The third kappa shape index (κ3) is 3.45. The van der Waals surface area contributed by atoms with Crippen molar-refractivity contribution in [3.8, 4) is 0 Å². The van der Waals surface area contributed by atoms with E-state index in [1.54, 1.807) is 0 Å². The first-order chi connectivity index (χ1) is 11.2. The summed E-state index contributed by atoms with van der Waals surface area (Å²) in [4.78, 5) is 14.6. The zero-order chi connectivity index (χ0) is 16.2. The van der Waals surface area contributed by atoms with E-state index in [0.717, 1.165) is 24.9 Å². The Morgan fingerprint density at radius 1 is 1.17 bits per heavy atom. The predicted octanol–water partition coefficient (Wildman–Crippen LogP) is 3.81. The molecule has 0 fully saturated rings. The van der Waals surface area contributed by atoms with Crippen molar-refractivity contribution in [3.63, 3.8) is 0 Å². The molecule has 1 N–H and O–H groups in total. The van der Waals surface area contributed by atoms with Gasteiger partial charge in [-0.05, 0) is 49.1 Å². The van der Waals surface area contributed by atoms with E-state index in [1.807, 2.05) is 25.2 Å². The van der Waals surface area contributed by atoms with Crippen molar-refractivity contribution in [2.75, 3.05) is 18.9 Å². The van der Waals surface area contributed by atoms with E-state index in [1.165, 1.54) is 16.7 Å². The van der Waals surface area contributed by atoms with Gasteiger partial charge in [-0.1, -0.05) is 49.4 Å². The van der Waals surface area contributed by atoms with E-state index < -0.39 is 0 Å². The SMILES string of the molecule is CCc1ccccc1NC(=O)CN(C)[C@H]1CCc2ccccc21. The lowest BCUT2D eigenvalue weighted by Crippen LogP contribution is -2.32. The molecule has 2 aromatic carbocycles. The molecule has 0 saturated carbocycles. The van der Waals surface area contributed by atoms with Gasteiger partial charge in [0.25, 0.3) is 0 Å². The topological polar surface area (TPSA) is 32.3 Å². The van der Waals surface area contributed by atoms with E-state index in [0.29, 0.717) is 12.6 Å². The highest BCUT2D eigenvalue weighted by Gasteiger charge is 2.26. The van der Waals surface area contributed by atoms with Crippen LogP contribution < -0.4 is 5.32 Å². The van der Waals surface area contributed by atoms with Crippen molar-refractivity contribution in [2.45, 2.75) is 32.2 Å². The number of benzene rings is 2. The molecular weight excluding hydrogens is 284 g/mol. The number of carbonyl (C=O) groups excluding carboxylic acids is 1. The van der Waals surface area contributed by atoms with Gasteiger partial charge in [0.05, 0.1) is 6.54 Å². The van der Waals surface area contributed by atoms with Crippen LogP contribution in [-0.4, -0.2) is 24.4 Å². The number of anilines is 1. The van der Waals surface area contributed by atoms with Crippen LogP contribution >= 0.6 is 0 Å². The van der Waals surface area contributed by atoms with Crippen LogP contribution in [0.1, 0.15) is 36.1 Å². The van der Waals surface area contributed by atoms with Gasteiger partial charge in [0.1, 0.15) is 0 Å². The zero-order valence-corrected chi connectivity index (χ0v) is 13.9. The van der Waals surface area contributed by atoms with Crippen molar-refractivity contribution in [1.29, 1.82) is 0 Å². The molecule has 0 radical (unpaired) electrons. The molecule has 0 aromatic heterocycles. The van der Waals surface area contributed by atoms with E-state index >= 15 is 0 Å². The van der Waals surface area contributed by atoms with E-state index in [-0.39, 0.29) is 5.91 Å². The molecule has 3 heteroatoms. The predicted molar refractivity (Wildman–Crippen MR) is 94.6 cm³/mol. The number of para-hydroxylation sites is 1. The third-order valence-corrected chi connectivity index (χ3v) is 4.70. The minimum Gasteiger partial charge on any atom is -0.325 e. The maximum absolute atomic E-state index is 12.4. The minimum absolute atomic E-state index is 0.0535. The van der Waals surface area contributed by atoms with E-state index in [4.69, 9.17) is 0 Å². The van der Waals surface area contributed by atoms with Crippen LogP contribution in [0.2, 0.25) is 0 Å². The maximum Gasteiger partial charge on any atom is 0.238 e. The van der Waals surface area contributed by atoms with E-state index in [9.17, 15) is 4.79 Å². The molecule has 23 heavy (non-hydrogen) atoms.